The zero-order valence-electron chi connectivity index (χ0n) is 15.8. The van der Waals surface area contributed by atoms with Crippen molar-refractivity contribution in [2.45, 2.75) is 25.2 Å². The minimum atomic E-state index is -3.38. The predicted octanol–water partition coefficient (Wildman–Crippen LogP) is 2.58. The van der Waals surface area contributed by atoms with Gasteiger partial charge in [-0.15, -0.1) is 0 Å². The molecule has 0 spiro atoms. The molecule has 1 saturated heterocycles. The first-order valence-electron chi connectivity index (χ1n) is 9.23. The summed E-state index contributed by atoms with van der Waals surface area (Å²) >= 11 is 5.94. The molecule has 1 aliphatic rings. The highest BCUT2D eigenvalue weighted by Gasteiger charge is 2.26. The molecule has 1 amide bonds. The number of nitrogens with one attached hydrogen (secondary N) is 1. The van der Waals surface area contributed by atoms with Gasteiger partial charge in [0.05, 0.1) is 12.8 Å². The van der Waals surface area contributed by atoms with Crippen LogP contribution in [0, 0.1) is 0 Å². The second kappa shape index (κ2) is 9.03. The molecule has 0 radical (unpaired) electrons. The lowest BCUT2D eigenvalue weighted by molar-refractivity contribution is -0.131. The van der Waals surface area contributed by atoms with Crippen LogP contribution < -0.4 is 4.72 Å². The van der Waals surface area contributed by atoms with Crippen LogP contribution in [0.4, 0.5) is 0 Å². The minimum Gasteiger partial charge on any atom is -0.341 e. The number of carbonyl (C=O) groups is 1. The monoisotopic (exact) mass is 421 g/mol. The highest BCUT2D eigenvalue weighted by Crippen LogP contribution is 2.26. The number of rotatable bonds is 6. The summed E-state index contributed by atoms with van der Waals surface area (Å²) in [5.41, 5.74) is 3.09. The van der Waals surface area contributed by atoms with Gasteiger partial charge in [-0.3, -0.25) is 9.78 Å². The molecule has 28 heavy (non-hydrogen) atoms. The Bertz CT molecular complexity index is 932. The van der Waals surface area contributed by atoms with Crippen LogP contribution >= 0.6 is 11.6 Å². The average Bonchev–Trinajstić information content (AvgIpc) is 2.68. The summed E-state index contributed by atoms with van der Waals surface area (Å²) in [4.78, 5) is 18.9. The number of hydrogen-bond donors (Lipinski definition) is 1. The molecule has 1 aromatic heterocycles. The Morgan fingerprint density at radius 2 is 2.00 bits per heavy atom. The van der Waals surface area contributed by atoms with E-state index < -0.39 is 10.0 Å². The van der Waals surface area contributed by atoms with Crippen molar-refractivity contribution in [3.05, 3.63) is 64.4 Å². The van der Waals surface area contributed by atoms with Crippen molar-refractivity contribution < 1.29 is 13.2 Å². The molecule has 6 nitrogen and oxygen atoms in total. The Kier molecular flexibility index (Phi) is 6.69. The van der Waals surface area contributed by atoms with E-state index in [1.165, 1.54) is 0 Å². The molecule has 1 aromatic carbocycles. The topological polar surface area (TPSA) is 79.4 Å². The van der Waals surface area contributed by atoms with Crippen molar-refractivity contribution >= 4 is 27.5 Å². The van der Waals surface area contributed by atoms with Crippen LogP contribution in [0.15, 0.2) is 42.5 Å². The van der Waals surface area contributed by atoms with Gasteiger partial charge in [0, 0.05) is 41.8 Å². The van der Waals surface area contributed by atoms with E-state index in [2.05, 4.69) is 4.72 Å². The third-order valence-electron chi connectivity index (χ3n) is 4.80. The van der Waals surface area contributed by atoms with E-state index >= 15 is 0 Å². The highest BCUT2D eigenvalue weighted by molar-refractivity contribution is 7.88. The van der Waals surface area contributed by atoms with Gasteiger partial charge in [0.2, 0.25) is 15.9 Å². The summed E-state index contributed by atoms with van der Waals surface area (Å²) in [5.74, 6) is -0.0476. The maximum Gasteiger partial charge on any atom is 0.237 e. The largest absolute Gasteiger partial charge is 0.341 e. The van der Waals surface area contributed by atoms with Gasteiger partial charge >= 0.3 is 0 Å². The van der Waals surface area contributed by atoms with E-state index in [-0.39, 0.29) is 18.4 Å². The Balaban J connectivity index is 1.65. The number of likely N-dealkylation sites (tertiary alicyclic amines) is 1. The van der Waals surface area contributed by atoms with Gasteiger partial charge in [-0.1, -0.05) is 29.8 Å². The number of pyridine rings is 1. The van der Waals surface area contributed by atoms with E-state index in [0.29, 0.717) is 18.1 Å². The van der Waals surface area contributed by atoms with E-state index in [0.717, 1.165) is 42.5 Å². The Hall–Kier alpha value is -1.96. The number of amides is 1. The van der Waals surface area contributed by atoms with Crippen molar-refractivity contribution in [1.82, 2.24) is 14.6 Å². The fraction of sp³-hybridized carbons (Fsp3) is 0.400. The molecule has 3 rings (SSSR count). The number of aromatic nitrogens is 1. The maximum atomic E-state index is 12.3. The van der Waals surface area contributed by atoms with E-state index in [1.54, 1.807) is 4.90 Å². The second-order valence-corrected chi connectivity index (χ2v) is 9.40. The SMILES string of the molecule is CS(=O)(=O)NCC(=O)N1CCC[C@H](c2cccc(Cc3ccc(Cl)cc3)n2)C1. The molecule has 0 aliphatic carbocycles. The number of sulfonamides is 1. The normalized spacial score (nSPS) is 17.5. The lowest BCUT2D eigenvalue weighted by Crippen LogP contribution is -2.44. The first-order chi connectivity index (χ1) is 13.3. The summed E-state index contributed by atoms with van der Waals surface area (Å²) < 4.78 is 24.7. The molecule has 1 N–H and O–H groups in total. The van der Waals surface area contributed by atoms with Crippen molar-refractivity contribution in [3.8, 4) is 0 Å². The summed E-state index contributed by atoms with van der Waals surface area (Å²) in [7, 11) is -3.38. The van der Waals surface area contributed by atoms with Crippen LogP contribution in [0.2, 0.25) is 5.02 Å². The first-order valence-corrected chi connectivity index (χ1v) is 11.5. The second-order valence-electron chi connectivity index (χ2n) is 7.13. The maximum absolute atomic E-state index is 12.3. The fourth-order valence-electron chi connectivity index (χ4n) is 3.39. The van der Waals surface area contributed by atoms with E-state index in [1.807, 2.05) is 42.5 Å². The van der Waals surface area contributed by atoms with Crippen LogP contribution in [-0.2, 0) is 21.2 Å². The lowest BCUT2D eigenvalue weighted by Gasteiger charge is -2.32. The third kappa shape index (κ3) is 6.02. The van der Waals surface area contributed by atoms with E-state index in [9.17, 15) is 13.2 Å². The number of piperidine rings is 1. The van der Waals surface area contributed by atoms with Gasteiger partial charge in [-0.2, -0.15) is 0 Å². The first kappa shape index (κ1) is 20.8. The number of benzene rings is 1. The smallest absolute Gasteiger partial charge is 0.237 e. The van der Waals surface area contributed by atoms with Gasteiger partial charge in [0.25, 0.3) is 0 Å². The average molecular weight is 422 g/mol. The van der Waals surface area contributed by atoms with Gasteiger partial charge in [0.1, 0.15) is 0 Å². The lowest BCUT2D eigenvalue weighted by atomic mass is 9.93. The van der Waals surface area contributed by atoms with Crippen molar-refractivity contribution in [2.75, 3.05) is 25.9 Å². The van der Waals surface area contributed by atoms with Crippen molar-refractivity contribution in [2.24, 2.45) is 0 Å². The predicted molar refractivity (Wildman–Crippen MR) is 110 cm³/mol. The molecule has 2 aromatic rings. The van der Waals surface area contributed by atoms with Crippen LogP contribution in [0.5, 0.6) is 0 Å². The fourth-order valence-corrected chi connectivity index (χ4v) is 3.90. The van der Waals surface area contributed by atoms with Crippen molar-refractivity contribution in [3.63, 3.8) is 0 Å². The highest BCUT2D eigenvalue weighted by atomic mass is 35.5. The minimum absolute atomic E-state index is 0.154. The molecule has 1 atom stereocenters. The molecule has 0 saturated carbocycles. The van der Waals surface area contributed by atoms with Gasteiger partial charge < -0.3 is 4.90 Å². The standard InChI is InChI=1S/C20H24ClN3O3S/c1-28(26,27)22-13-20(25)24-11-3-4-16(14-24)19-6-2-5-18(23-19)12-15-7-9-17(21)10-8-15/h2,5-10,16,22H,3-4,11-14H2,1H3/t16-/m0/s1. The van der Waals surface area contributed by atoms with Crippen LogP contribution in [0.3, 0.4) is 0 Å². The van der Waals surface area contributed by atoms with E-state index in [4.69, 9.17) is 16.6 Å². The summed E-state index contributed by atoms with van der Waals surface area (Å²) in [5, 5.41) is 0.711. The number of halogens is 1. The zero-order chi connectivity index (χ0) is 20.1. The van der Waals surface area contributed by atoms with Crippen LogP contribution in [-0.4, -0.2) is 50.1 Å². The Morgan fingerprint density at radius 1 is 1.25 bits per heavy atom. The Labute approximate surface area is 171 Å². The third-order valence-corrected chi connectivity index (χ3v) is 5.73. The van der Waals surface area contributed by atoms with Gasteiger partial charge in [-0.25, -0.2) is 13.1 Å². The molecule has 1 aliphatic heterocycles. The molecular weight excluding hydrogens is 398 g/mol. The Morgan fingerprint density at radius 3 is 2.71 bits per heavy atom. The quantitative estimate of drug-likeness (QED) is 0.777. The van der Waals surface area contributed by atoms with Crippen LogP contribution in [0.1, 0.15) is 35.7 Å². The summed E-state index contributed by atoms with van der Waals surface area (Å²) in [6.07, 6.45) is 3.60. The van der Waals surface area contributed by atoms with Gasteiger partial charge in [0.15, 0.2) is 0 Å². The van der Waals surface area contributed by atoms with Crippen LogP contribution in [0.25, 0.3) is 0 Å². The summed E-state index contributed by atoms with van der Waals surface area (Å²) in [6.45, 7) is 1.00. The molecule has 0 unspecified atom stereocenters. The van der Waals surface area contributed by atoms with Gasteiger partial charge in [-0.05, 0) is 42.7 Å². The van der Waals surface area contributed by atoms with Crippen molar-refractivity contribution in [1.29, 1.82) is 0 Å². The number of hydrogen-bond acceptors (Lipinski definition) is 4. The zero-order valence-corrected chi connectivity index (χ0v) is 17.3. The molecule has 8 heteroatoms. The molecule has 150 valence electrons. The molecule has 1 fully saturated rings. The number of carbonyl (C=O) groups excluding carboxylic acids is 1. The molecular formula is C20H24ClN3O3S. The summed E-state index contributed by atoms with van der Waals surface area (Å²) in [6, 6.07) is 13.7. The number of nitrogens with zero attached hydrogens (tertiary/aromatic N) is 2. The molecule has 0 bridgehead atoms. The molecule has 2 heterocycles.